The third kappa shape index (κ3) is 5.57. The molecule has 0 radical (unpaired) electrons. The quantitative estimate of drug-likeness (QED) is 0.614. The fourth-order valence-corrected chi connectivity index (χ4v) is 4.32. The van der Waals surface area contributed by atoms with E-state index in [2.05, 4.69) is 15.5 Å². The van der Waals surface area contributed by atoms with Gasteiger partial charge in [-0.1, -0.05) is 36.4 Å². The van der Waals surface area contributed by atoms with E-state index in [1.54, 1.807) is 6.07 Å². The van der Waals surface area contributed by atoms with Crippen LogP contribution in [0.1, 0.15) is 29.9 Å². The number of nitrogens with zero attached hydrogens (tertiary/aromatic N) is 1. The van der Waals surface area contributed by atoms with E-state index >= 15 is 0 Å². The third-order valence-corrected chi connectivity index (χ3v) is 6.09. The van der Waals surface area contributed by atoms with Crippen LogP contribution in [-0.4, -0.2) is 54.4 Å². The van der Waals surface area contributed by atoms with Crippen LogP contribution in [0.15, 0.2) is 48.5 Å². The number of hydrogen-bond donors (Lipinski definition) is 3. The Morgan fingerprint density at radius 2 is 1.90 bits per heavy atom. The Balaban J connectivity index is 1.25. The number of alkyl halides is 3. The first-order valence-corrected chi connectivity index (χ1v) is 10.5. The van der Waals surface area contributed by atoms with E-state index in [1.807, 2.05) is 24.3 Å². The summed E-state index contributed by atoms with van der Waals surface area (Å²) in [7, 11) is 0. The summed E-state index contributed by atoms with van der Waals surface area (Å²) >= 11 is 0. The van der Waals surface area contributed by atoms with Crippen LogP contribution in [0.25, 0.3) is 11.1 Å². The Hall–Kier alpha value is -2.58. The Kier molecular flexibility index (Phi) is 6.20. The minimum atomic E-state index is -4.34. The molecule has 1 amide bonds. The number of benzene rings is 2. The topological polar surface area (TPSA) is 64.6 Å². The average Bonchev–Trinajstić information content (AvgIpc) is 3.37. The SMILES string of the molecule is O=C(O)N[C@H]1CCN(CCN[C@@H]2C[C@H]2c2ccc(-c3cccc(C(F)(F)F)c3)cc2)C1. The van der Waals surface area contributed by atoms with E-state index in [4.69, 9.17) is 5.11 Å². The predicted molar refractivity (Wildman–Crippen MR) is 112 cm³/mol. The molecular formula is C23H26F3N3O2. The lowest BCUT2D eigenvalue weighted by Crippen LogP contribution is -2.37. The summed E-state index contributed by atoms with van der Waals surface area (Å²) in [6, 6.07) is 13.6. The van der Waals surface area contributed by atoms with Crippen molar-refractivity contribution in [2.24, 2.45) is 0 Å². The van der Waals surface area contributed by atoms with Gasteiger partial charge in [0.1, 0.15) is 0 Å². The monoisotopic (exact) mass is 433 g/mol. The first-order valence-electron chi connectivity index (χ1n) is 10.5. The Labute approximate surface area is 179 Å². The van der Waals surface area contributed by atoms with Crippen LogP contribution in [0.3, 0.4) is 0 Å². The van der Waals surface area contributed by atoms with Crippen molar-refractivity contribution in [2.45, 2.75) is 37.0 Å². The van der Waals surface area contributed by atoms with E-state index in [1.165, 1.54) is 17.7 Å². The Bertz CT molecular complexity index is 917. The number of carbonyl (C=O) groups is 1. The smallest absolute Gasteiger partial charge is 0.416 e. The maximum atomic E-state index is 12.9. The van der Waals surface area contributed by atoms with Gasteiger partial charge < -0.3 is 15.7 Å². The van der Waals surface area contributed by atoms with Crippen LogP contribution in [0.4, 0.5) is 18.0 Å². The molecule has 1 aliphatic heterocycles. The number of rotatable bonds is 7. The van der Waals surface area contributed by atoms with Crippen LogP contribution in [-0.2, 0) is 6.18 Å². The number of carboxylic acid groups (broad SMARTS) is 1. The maximum absolute atomic E-state index is 12.9. The first-order chi connectivity index (χ1) is 14.8. The van der Waals surface area contributed by atoms with E-state index < -0.39 is 17.8 Å². The summed E-state index contributed by atoms with van der Waals surface area (Å²) in [5.74, 6) is 0.426. The number of amides is 1. The zero-order valence-corrected chi connectivity index (χ0v) is 17.0. The highest BCUT2D eigenvalue weighted by atomic mass is 19.4. The van der Waals surface area contributed by atoms with Crippen LogP contribution in [0.2, 0.25) is 0 Å². The van der Waals surface area contributed by atoms with Crippen LogP contribution < -0.4 is 10.6 Å². The minimum absolute atomic E-state index is 0.0153. The van der Waals surface area contributed by atoms with Crippen molar-refractivity contribution >= 4 is 6.09 Å². The molecule has 3 atom stereocenters. The second-order valence-corrected chi connectivity index (χ2v) is 8.34. The van der Waals surface area contributed by atoms with Gasteiger partial charge in [-0.2, -0.15) is 13.2 Å². The lowest BCUT2D eigenvalue weighted by atomic mass is 10.0. The fraction of sp³-hybridized carbons (Fsp3) is 0.435. The van der Waals surface area contributed by atoms with Crippen molar-refractivity contribution in [1.29, 1.82) is 0 Å². The molecule has 1 heterocycles. The van der Waals surface area contributed by atoms with Crippen molar-refractivity contribution in [3.05, 3.63) is 59.7 Å². The predicted octanol–water partition coefficient (Wildman–Crippen LogP) is 4.16. The van der Waals surface area contributed by atoms with Gasteiger partial charge in [-0.15, -0.1) is 0 Å². The van der Waals surface area contributed by atoms with E-state index in [9.17, 15) is 18.0 Å². The number of halogens is 3. The molecule has 3 N–H and O–H groups in total. The van der Waals surface area contributed by atoms with Crippen molar-refractivity contribution in [2.75, 3.05) is 26.2 Å². The van der Waals surface area contributed by atoms with Gasteiger partial charge in [-0.05, 0) is 41.7 Å². The molecule has 1 saturated carbocycles. The van der Waals surface area contributed by atoms with E-state index in [0.717, 1.165) is 50.7 Å². The van der Waals surface area contributed by atoms with Gasteiger partial charge in [0.25, 0.3) is 0 Å². The molecule has 2 fully saturated rings. The highest BCUT2D eigenvalue weighted by Gasteiger charge is 2.38. The second kappa shape index (κ2) is 8.88. The minimum Gasteiger partial charge on any atom is -0.465 e. The number of likely N-dealkylation sites (tertiary alicyclic amines) is 1. The zero-order chi connectivity index (χ0) is 22.0. The summed E-state index contributed by atoms with van der Waals surface area (Å²) < 4.78 is 38.8. The lowest BCUT2D eigenvalue weighted by molar-refractivity contribution is -0.137. The molecule has 1 saturated heterocycles. The first kappa shape index (κ1) is 21.6. The zero-order valence-electron chi connectivity index (χ0n) is 17.0. The molecule has 4 rings (SSSR count). The number of hydrogen-bond acceptors (Lipinski definition) is 3. The van der Waals surface area contributed by atoms with Crippen LogP contribution >= 0.6 is 0 Å². The van der Waals surface area contributed by atoms with Crippen molar-refractivity contribution in [1.82, 2.24) is 15.5 Å². The summed E-state index contributed by atoms with van der Waals surface area (Å²) in [6.45, 7) is 3.38. The molecule has 2 aliphatic rings. The van der Waals surface area contributed by atoms with Crippen molar-refractivity contribution in [3.8, 4) is 11.1 Å². The molecule has 0 unspecified atom stereocenters. The highest BCUT2D eigenvalue weighted by molar-refractivity contribution is 5.65. The maximum Gasteiger partial charge on any atom is 0.416 e. The van der Waals surface area contributed by atoms with Gasteiger partial charge in [0.15, 0.2) is 0 Å². The van der Waals surface area contributed by atoms with Gasteiger partial charge in [0, 0.05) is 44.2 Å². The normalized spacial score (nSPS) is 23.6. The van der Waals surface area contributed by atoms with E-state index in [-0.39, 0.29) is 6.04 Å². The highest BCUT2D eigenvalue weighted by Crippen LogP contribution is 2.41. The van der Waals surface area contributed by atoms with E-state index in [0.29, 0.717) is 17.5 Å². The molecule has 0 bridgehead atoms. The molecule has 8 heteroatoms. The van der Waals surface area contributed by atoms with Crippen LogP contribution in [0.5, 0.6) is 0 Å². The van der Waals surface area contributed by atoms with Gasteiger partial charge in [0.2, 0.25) is 0 Å². The average molecular weight is 433 g/mol. The Morgan fingerprint density at radius 1 is 1.13 bits per heavy atom. The molecule has 2 aromatic carbocycles. The number of nitrogens with one attached hydrogen (secondary N) is 2. The third-order valence-electron chi connectivity index (χ3n) is 6.09. The molecule has 0 spiro atoms. The summed E-state index contributed by atoms with van der Waals surface area (Å²) in [5.41, 5.74) is 1.90. The van der Waals surface area contributed by atoms with Gasteiger partial charge in [-0.25, -0.2) is 4.79 Å². The molecule has 0 aromatic heterocycles. The lowest BCUT2D eigenvalue weighted by Gasteiger charge is -2.16. The van der Waals surface area contributed by atoms with Crippen molar-refractivity contribution in [3.63, 3.8) is 0 Å². The molecule has 2 aromatic rings. The summed E-state index contributed by atoms with van der Waals surface area (Å²) in [5, 5.41) is 14.9. The molecular weight excluding hydrogens is 407 g/mol. The molecule has 5 nitrogen and oxygen atoms in total. The second-order valence-electron chi connectivity index (χ2n) is 8.34. The summed E-state index contributed by atoms with van der Waals surface area (Å²) in [6.07, 6.45) is -3.42. The largest absolute Gasteiger partial charge is 0.465 e. The standard InChI is InChI=1S/C23H26F3N3O2/c24-23(25,26)18-3-1-2-17(12-18)15-4-6-16(7-5-15)20-13-21(20)27-9-11-29-10-8-19(14-29)28-22(30)31/h1-7,12,19-21,27-28H,8-11,13-14H2,(H,30,31)/t19-,20-,21+/m0/s1. The molecule has 1 aliphatic carbocycles. The van der Waals surface area contributed by atoms with Crippen molar-refractivity contribution < 1.29 is 23.1 Å². The van der Waals surface area contributed by atoms with Gasteiger partial charge >= 0.3 is 12.3 Å². The van der Waals surface area contributed by atoms with Gasteiger partial charge in [0.05, 0.1) is 5.56 Å². The summed E-state index contributed by atoms with van der Waals surface area (Å²) in [4.78, 5) is 13.0. The van der Waals surface area contributed by atoms with Crippen LogP contribution in [0, 0.1) is 0 Å². The molecule has 31 heavy (non-hydrogen) atoms. The fourth-order valence-electron chi connectivity index (χ4n) is 4.32. The van der Waals surface area contributed by atoms with Gasteiger partial charge in [-0.3, -0.25) is 4.90 Å². The Morgan fingerprint density at radius 3 is 2.61 bits per heavy atom. The molecule has 166 valence electrons.